The molecule has 12 nitrogen and oxygen atoms in total. The second-order valence-corrected chi connectivity index (χ2v) is 15.5. The summed E-state index contributed by atoms with van der Waals surface area (Å²) in [6.45, 7) is 7.60. The molecule has 0 unspecified atom stereocenters. The van der Waals surface area contributed by atoms with Crippen LogP contribution < -0.4 is 0 Å². The number of methoxy groups -OCH3 is 1. The second-order valence-electron chi connectivity index (χ2n) is 15.5. The van der Waals surface area contributed by atoms with Gasteiger partial charge in [-0.15, -0.1) is 0 Å². The van der Waals surface area contributed by atoms with Crippen LogP contribution in [0, 0.1) is 28.6 Å². The number of ketones is 1. The predicted octanol–water partition coefficient (Wildman–Crippen LogP) is 0.977. The molecular weight excluding hydrogens is 600 g/mol. The third-order valence-electron chi connectivity index (χ3n) is 13.5. The Hall–Kier alpha value is -1.03. The summed E-state index contributed by atoms with van der Waals surface area (Å²) in [4.78, 5) is 14.3. The van der Waals surface area contributed by atoms with E-state index in [0.717, 1.165) is 25.7 Å². The molecule has 0 aromatic heterocycles. The first kappa shape index (κ1) is 33.5. The third kappa shape index (κ3) is 4.70. The van der Waals surface area contributed by atoms with Crippen molar-refractivity contribution >= 4 is 5.78 Å². The lowest BCUT2D eigenvalue weighted by Gasteiger charge is -2.60. The number of fused-ring (bicyclic) bond motifs is 4. The topological polar surface area (TPSA) is 174 Å². The summed E-state index contributed by atoms with van der Waals surface area (Å²) in [5.74, 6) is -0.0360. The van der Waals surface area contributed by atoms with Gasteiger partial charge in [0, 0.05) is 30.8 Å². The lowest BCUT2D eigenvalue weighted by atomic mass is 9.45. The van der Waals surface area contributed by atoms with Crippen LogP contribution in [0.2, 0.25) is 0 Å². The van der Waals surface area contributed by atoms with Gasteiger partial charge >= 0.3 is 0 Å². The maximum atomic E-state index is 14.3. The highest BCUT2D eigenvalue weighted by molar-refractivity contribution is 5.90. The molecule has 0 radical (unpaired) electrons. The Morgan fingerprint density at radius 1 is 0.957 bits per heavy atom. The highest BCUT2D eigenvalue weighted by Gasteiger charge is 2.76. The number of aliphatic hydroxyl groups is 5. The molecule has 7 rings (SSSR count). The molecule has 3 heterocycles. The van der Waals surface area contributed by atoms with Gasteiger partial charge < -0.3 is 54.0 Å². The predicted molar refractivity (Wildman–Crippen MR) is 160 cm³/mol. The number of rotatable bonds is 6. The molecule has 260 valence electrons. The number of hydrogen-bond acceptors (Lipinski definition) is 12. The van der Waals surface area contributed by atoms with Crippen molar-refractivity contribution in [2.24, 2.45) is 28.6 Å². The van der Waals surface area contributed by atoms with Gasteiger partial charge in [0.25, 0.3) is 0 Å². The van der Waals surface area contributed by atoms with Crippen molar-refractivity contribution in [3.63, 3.8) is 0 Å². The van der Waals surface area contributed by atoms with E-state index >= 15 is 0 Å². The highest BCUT2D eigenvalue weighted by atomic mass is 16.7. The quantitative estimate of drug-likeness (QED) is 0.258. The van der Waals surface area contributed by atoms with E-state index in [1.807, 2.05) is 6.92 Å². The Morgan fingerprint density at radius 3 is 2.43 bits per heavy atom. The van der Waals surface area contributed by atoms with Gasteiger partial charge in [-0.05, 0) is 63.7 Å². The summed E-state index contributed by atoms with van der Waals surface area (Å²) < 4.78 is 36.5. The van der Waals surface area contributed by atoms with Crippen molar-refractivity contribution in [3.05, 3.63) is 11.6 Å². The van der Waals surface area contributed by atoms with E-state index in [-0.39, 0.29) is 41.2 Å². The normalized spacial score (nSPS) is 56.6. The molecule has 46 heavy (non-hydrogen) atoms. The van der Waals surface area contributed by atoms with Gasteiger partial charge in [-0.3, -0.25) is 4.79 Å². The van der Waals surface area contributed by atoms with Gasteiger partial charge in [-0.1, -0.05) is 25.5 Å². The van der Waals surface area contributed by atoms with Gasteiger partial charge in [-0.25, -0.2) is 0 Å². The Balaban J connectivity index is 1.02. The fraction of sp³-hybridized carbons (Fsp3) is 0.912. The Bertz CT molecular complexity index is 1210. The van der Waals surface area contributed by atoms with Crippen LogP contribution in [-0.2, 0) is 33.2 Å². The molecule has 3 saturated carbocycles. The largest absolute Gasteiger partial charge is 0.394 e. The van der Waals surface area contributed by atoms with E-state index in [9.17, 15) is 30.3 Å². The zero-order valence-electron chi connectivity index (χ0n) is 27.5. The SMILES string of the molecule is CO[C@@H]1C[C@H](O[C@H]2CC[C@@]3(C)C(=CC[C@@H]4[C@@H]3C(=O)[C@@H]3O[C@H](C)[C@@H]5CC[C@@]4(O)[C@]35C)C2)O[C@H](C)[C@@H]1O[C@@H]1O[C@H](CO)[C@@H](O)[C@H](O)[C@H]1O. The van der Waals surface area contributed by atoms with Gasteiger partial charge in [0.1, 0.15) is 36.6 Å². The molecule has 4 aliphatic carbocycles. The summed E-state index contributed by atoms with van der Waals surface area (Å²) in [7, 11) is 1.56. The summed E-state index contributed by atoms with van der Waals surface area (Å²) >= 11 is 0. The maximum Gasteiger partial charge on any atom is 0.187 e. The van der Waals surface area contributed by atoms with Crippen molar-refractivity contribution < 1.29 is 58.7 Å². The average Bonchev–Trinajstić information content (AvgIpc) is 3.47. The molecule has 12 heteroatoms. The molecule has 5 N–H and O–H groups in total. The molecule has 7 aliphatic rings. The second kappa shape index (κ2) is 11.8. The van der Waals surface area contributed by atoms with Crippen LogP contribution in [0.5, 0.6) is 0 Å². The fourth-order valence-electron chi connectivity index (χ4n) is 10.9. The van der Waals surface area contributed by atoms with E-state index < -0.39 is 79.0 Å². The van der Waals surface area contributed by atoms with Crippen LogP contribution in [0.25, 0.3) is 0 Å². The molecule has 3 saturated heterocycles. The number of allylic oxidation sites excluding steroid dienone is 1. The standard InChI is InChI=1S/C34H52O12/c1-15-19-9-11-34(40)20-7-6-17-12-18(8-10-32(17,3)24(20)26(37)30(43-15)33(19,34)4)44-23-13-21(41-5)29(16(2)42-23)46-31-28(39)27(38)25(36)22(14-35)45-31/h6,15-16,18-25,27-31,35-36,38-40H,7-14H2,1-5H3/t15-,16-,18+,19+,20-,21-,22-,23+,24-,25-,27+,28-,29+,30+,31+,32+,33+,34+/m1/s1. The van der Waals surface area contributed by atoms with Crippen molar-refractivity contribution in [2.45, 2.75) is 152 Å². The summed E-state index contributed by atoms with van der Waals surface area (Å²) in [5.41, 5.74) is -0.615. The van der Waals surface area contributed by atoms with Crippen molar-refractivity contribution in [1.82, 2.24) is 0 Å². The van der Waals surface area contributed by atoms with E-state index in [0.29, 0.717) is 19.3 Å². The lowest BCUT2D eigenvalue weighted by molar-refractivity contribution is -0.345. The number of carbonyl (C=O) groups excluding carboxylic acids is 1. The van der Waals surface area contributed by atoms with Crippen LogP contribution in [0.15, 0.2) is 11.6 Å². The molecule has 0 aromatic rings. The first-order valence-corrected chi connectivity index (χ1v) is 17.2. The molecule has 18 atom stereocenters. The van der Waals surface area contributed by atoms with E-state index in [1.165, 1.54) is 5.57 Å². The number of Topliss-reactive ketones (excluding diaryl/α,β-unsaturated/α-hetero) is 1. The fourth-order valence-corrected chi connectivity index (χ4v) is 10.9. The van der Waals surface area contributed by atoms with Crippen LogP contribution in [0.3, 0.4) is 0 Å². The number of hydrogen-bond donors (Lipinski definition) is 5. The number of carbonyl (C=O) groups is 1. The number of ether oxygens (including phenoxy) is 6. The monoisotopic (exact) mass is 652 g/mol. The van der Waals surface area contributed by atoms with Crippen molar-refractivity contribution in [3.8, 4) is 0 Å². The Morgan fingerprint density at radius 2 is 1.72 bits per heavy atom. The highest BCUT2D eigenvalue weighted by Crippen LogP contribution is 2.70. The van der Waals surface area contributed by atoms with Crippen molar-refractivity contribution in [2.75, 3.05) is 13.7 Å². The summed E-state index contributed by atoms with van der Waals surface area (Å²) in [5, 5.41) is 52.7. The molecular formula is C34H52O12. The summed E-state index contributed by atoms with van der Waals surface area (Å²) in [6.07, 6.45) is -2.86. The molecule has 0 aromatic carbocycles. The first-order valence-electron chi connectivity index (χ1n) is 17.2. The zero-order chi connectivity index (χ0) is 32.9. The van der Waals surface area contributed by atoms with E-state index in [4.69, 9.17) is 28.4 Å². The minimum absolute atomic E-state index is 0.0338. The minimum atomic E-state index is -1.55. The maximum absolute atomic E-state index is 14.3. The third-order valence-corrected chi connectivity index (χ3v) is 13.5. The number of aliphatic hydroxyl groups excluding tert-OH is 4. The molecule has 3 aliphatic heterocycles. The van der Waals surface area contributed by atoms with Gasteiger partial charge in [0.2, 0.25) is 0 Å². The van der Waals surface area contributed by atoms with Crippen LogP contribution in [-0.4, -0.2) is 124 Å². The van der Waals surface area contributed by atoms with Crippen LogP contribution in [0.4, 0.5) is 0 Å². The van der Waals surface area contributed by atoms with Crippen LogP contribution in [0.1, 0.15) is 72.6 Å². The zero-order valence-corrected chi connectivity index (χ0v) is 27.5. The minimum Gasteiger partial charge on any atom is -0.394 e. The molecule has 6 fully saturated rings. The molecule has 0 bridgehead atoms. The Labute approximate surface area is 270 Å². The van der Waals surface area contributed by atoms with Gasteiger partial charge in [0.05, 0.1) is 36.6 Å². The Kier molecular flexibility index (Phi) is 8.58. The van der Waals surface area contributed by atoms with Gasteiger partial charge in [-0.2, -0.15) is 0 Å². The average molecular weight is 653 g/mol. The van der Waals surface area contributed by atoms with E-state index in [1.54, 1.807) is 7.11 Å². The molecule has 0 amide bonds. The van der Waals surface area contributed by atoms with Crippen LogP contribution >= 0.6 is 0 Å². The molecule has 0 spiro atoms. The van der Waals surface area contributed by atoms with E-state index in [2.05, 4.69) is 26.8 Å². The van der Waals surface area contributed by atoms with Crippen molar-refractivity contribution in [1.29, 1.82) is 0 Å². The first-order chi connectivity index (χ1) is 21.8. The smallest absolute Gasteiger partial charge is 0.187 e. The summed E-state index contributed by atoms with van der Waals surface area (Å²) in [6, 6.07) is 0. The van der Waals surface area contributed by atoms with Gasteiger partial charge in [0.15, 0.2) is 18.4 Å². The lowest BCUT2D eigenvalue weighted by Crippen LogP contribution is -2.68.